The Hall–Kier alpha value is -1.30. The summed E-state index contributed by atoms with van der Waals surface area (Å²) in [5, 5.41) is 3.77. The van der Waals surface area contributed by atoms with Crippen LogP contribution in [0.4, 0.5) is 0 Å². The van der Waals surface area contributed by atoms with Crippen LogP contribution in [0.15, 0.2) is 16.0 Å². The maximum atomic E-state index is 12.4. The molecule has 4 aliphatic rings. The Kier molecular flexibility index (Phi) is 4.42. The maximum absolute atomic E-state index is 12.4. The Bertz CT molecular complexity index is 694. The van der Waals surface area contributed by atoms with Crippen molar-refractivity contribution in [3.63, 3.8) is 0 Å². The summed E-state index contributed by atoms with van der Waals surface area (Å²) in [6, 6.07) is 1.69. The molecule has 5 nitrogen and oxygen atoms in total. The van der Waals surface area contributed by atoms with Crippen LogP contribution < -0.4 is 10.9 Å². The first kappa shape index (κ1) is 17.1. The summed E-state index contributed by atoms with van der Waals surface area (Å²) >= 11 is 1.30. The van der Waals surface area contributed by atoms with Crippen molar-refractivity contribution >= 4 is 17.7 Å². The van der Waals surface area contributed by atoms with Gasteiger partial charge in [-0.1, -0.05) is 11.8 Å². The van der Waals surface area contributed by atoms with E-state index < -0.39 is 0 Å². The molecule has 0 aliphatic heterocycles. The Labute approximate surface area is 152 Å². The number of rotatable bonds is 5. The summed E-state index contributed by atoms with van der Waals surface area (Å²) in [4.78, 5) is 30.9. The Morgan fingerprint density at radius 2 is 1.92 bits per heavy atom. The Morgan fingerprint density at radius 3 is 2.48 bits per heavy atom. The fourth-order valence-electron chi connectivity index (χ4n) is 5.90. The van der Waals surface area contributed by atoms with Crippen LogP contribution in [0.1, 0.15) is 51.1 Å². The maximum Gasteiger partial charge on any atom is 0.251 e. The zero-order valence-electron chi connectivity index (χ0n) is 15.0. The fraction of sp³-hybridized carbons (Fsp3) is 0.737. The lowest BCUT2D eigenvalue weighted by molar-refractivity contribution is -0.123. The highest BCUT2D eigenvalue weighted by molar-refractivity contribution is 7.99. The number of carbonyl (C=O) groups is 1. The van der Waals surface area contributed by atoms with Crippen LogP contribution in [-0.4, -0.2) is 27.7 Å². The summed E-state index contributed by atoms with van der Waals surface area (Å²) in [6.07, 6.45) is 8.13. The van der Waals surface area contributed by atoms with E-state index in [0.717, 1.165) is 17.8 Å². The molecule has 25 heavy (non-hydrogen) atoms. The molecule has 1 atom stereocenters. The molecular weight excluding hydrogens is 334 g/mol. The molecule has 2 N–H and O–H groups in total. The summed E-state index contributed by atoms with van der Waals surface area (Å²) in [5.41, 5.74) is 0.830. The number of hydrogen-bond acceptors (Lipinski definition) is 4. The lowest BCUT2D eigenvalue weighted by Gasteiger charge is -2.59. The number of amides is 1. The summed E-state index contributed by atoms with van der Waals surface area (Å²) < 4.78 is 0. The molecule has 1 amide bonds. The number of aromatic amines is 1. The zero-order valence-corrected chi connectivity index (χ0v) is 15.8. The van der Waals surface area contributed by atoms with Crippen molar-refractivity contribution in [3.8, 4) is 0 Å². The van der Waals surface area contributed by atoms with Crippen molar-refractivity contribution in [2.24, 2.45) is 23.2 Å². The molecule has 0 saturated heterocycles. The minimum absolute atomic E-state index is 0.0393. The van der Waals surface area contributed by atoms with Crippen molar-refractivity contribution in [1.29, 1.82) is 0 Å². The molecule has 1 unspecified atom stereocenters. The number of H-pyrrole nitrogens is 1. The molecule has 1 aromatic rings. The second kappa shape index (κ2) is 6.45. The minimum Gasteiger partial charge on any atom is -0.352 e. The quantitative estimate of drug-likeness (QED) is 0.625. The van der Waals surface area contributed by atoms with E-state index in [0.29, 0.717) is 22.0 Å². The summed E-state index contributed by atoms with van der Waals surface area (Å²) in [6.45, 7) is 3.98. The van der Waals surface area contributed by atoms with Crippen LogP contribution in [0.3, 0.4) is 0 Å². The van der Waals surface area contributed by atoms with Gasteiger partial charge in [-0.25, -0.2) is 4.98 Å². The first-order chi connectivity index (χ1) is 11.9. The topological polar surface area (TPSA) is 74.8 Å². The van der Waals surface area contributed by atoms with Gasteiger partial charge in [0.2, 0.25) is 5.91 Å². The Balaban J connectivity index is 1.35. The molecule has 4 aliphatic carbocycles. The van der Waals surface area contributed by atoms with E-state index in [1.807, 2.05) is 0 Å². The van der Waals surface area contributed by atoms with Gasteiger partial charge in [-0.2, -0.15) is 0 Å². The van der Waals surface area contributed by atoms with Gasteiger partial charge >= 0.3 is 0 Å². The molecule has 4 bridgehead atoms. The average Bonchev–Trinajstić information content (AvgIpc) is 2.50. The van der Waals surface area contributed by atoms with Crippen molar-refractivity contribution < 1.29 is 4.79 Å². The van der Waals surface area contributed by atoms with Crippen molar-refractivity contribution in [1.82, 2.24) is 15.3 Å². The molecule has 4 saturated carbocycles. The molecule has 136 valence electrons. The van der Waals surface area contributed by atoms with Gasteiger partial charge in [-0.05, 0) is 75.5 Å². The third kappa shape index (κ3) is 3.50. The standard InChI is InChI=1S/C19H27N3O2S/c1-11-3-16(23)22-18(20-11)25-10-17(24)21-12(2)19-7-13-4-14(8-19)6-15(5-13)9-19/h3,12-15H,4-10H2,1-2H3,(H,21,24)(H,20,22,23). The number of nitrogens with zero attached hydrogens (tertiary/aromatic N) is 1. The van der Waals surface area contributed by atoms with Gasteiger partial charge in [-0.3, -0.25) is 9.59 Å². The molecular formula is C19H27N3O2S. The average molecular weight is 362 g/mol. The van der Waals surface area contributed by atoms with Crippen LogP contribution in [0, 0.1) is 30.1 Å². The number of aromatic nitrogens is 2. The second-order valence-electron chi connectivity index (χ2n) is 8.55. The van der Waals surface area contributed by atoms with Crippen LogP contribution in [-0.2, 0) is 4.79 Å². The van der Waals surface area contributed by atoms with E-state index in [9.17, 15) is 9.59 Å². The van der Waals surface area contributed by atoms with E-state index in [-0.39, 0.29) is 17.5 Å². The Morgan fingerprint density at radius 1 is 1.32 bits per heavy atom. The predicted octanol–water partition coefficient (Wildman–Crippen LogP) is 2.89. The molecule has 0 spiro atoms. The van der Waals surface area contributed by atoms with E-state index in [1.165, 1.54) is 56.4 Å². The van der Waals surface area contributed by atoms with Gasteiger partial charge in [0, 0.05) is 17.8 Å². The van der Waals surface area contributed by atoms with E-state index >= 15 is 0 Å². The lowest BCUT2D eigenvalue weighted by Crippen LogP contribution is -2.56. The van der Waals surface area contributed by atoms with E-state index in [1.54, 1.807) is 6.92 Å². The molecule has 5 rings (SSSR count). The van der Waals surface area contributed by atoms with Gasteiger partial charge in [0.15, 0.2) is 5.16 Å². The minimum atomic E-state index is -0.169. The molecule has 6 heteroatoms. The summed E-state index contributed by atoms with van der Waals surface area (Å²) in [7, 11) is 0. The molecule has 4 fully saturated rings. The highest BCUT2D eigenvalue weighted by Crippen LogP contribution is 2.61. The molecule has 1 aromatic heterocycles. The van der Waals surface area contributed by atoms with E-state index in [2.05, 4.69) is 22.2 Å². The normalized spacial score (nSPS) is 34.1. The molecule has 1 heterocycles. The van der Waals surface area contributed by atoms with E-state index in [4.69, 9.17) is 0 Å². The number of nitrogens with one attached hydrogen (secondary N) is 2. The smallest absolute Gasteiger partial charge is 0.251 e. The number of aryl methyl sites for hydroxylation is 1. The first-order valence-corrected chi connectivity index (χ1v) is 10.4. The zero-order chi connectivity index (χ0) is 17.6. The highest BCUT2D eigenvalue weighted by Gasteiger charge is 2.53. The largest absolute Gasteiger partial charge is 0.352 e. The number of hydrogen-bond donors (Lipinski definition) is 2. The van der Waals surface area contributed by atoms with Crippen molar-refractivity contribution in [3.05, 3.63) is 22.1 Å². The van der Waals surface area contributed by atoms with Crippen LogP contribution in [0.5, 0.6) is 0 Å². The third-order valence-electron chi connectivity index (χ3n) is 6.57. The SMILES string of the molecule is Cc1cc(=O)[nH]c(SCC(=O)NC(C)C23CC4CC(CC(C4)C2)C3)n1. The van der Waals surface area contributed by atoms with Crippen LogP contribution in [0.25, 0.3) is 0 Å². The van der Waals surface area contributed by atoms with Gasteiger partial charge in [0.05, 0.1) is 5.75 Å². The van der Waals surface area contributed by atoms with Gasteiger partial charge in [0.25, 0.3) is 5.56 Å². The number of carbonyl (C=O) groups excluding carboxylic acids is 1. The predicted molar refractivity (Wildman–Crippen MR) is 98.5 cm³/mol. The number of thioether (sulfide) groups is 1. The van der Waals surface area contributed by atoms with Gasteiger partial charge < -0.3 is 10.3 Å². The van der Waals surface area contributed by atoms with Gasteiger partial charge in [0.1, 0.15) is 0 Å². The first-order valence-electron chi connectivity index (χ1n) is 9.42. The highest BCUT2D eigenvalue weighted by atomic mass is 32.2. The second-order valence-corrected chi connectivity index (χ2v) is 9.51. The monoisotopic (exact) mass is 361 g/mol. The lowest BCUT2D eigenvalue weighted by atomic mass is 9.48. The van der Waals surface area contributed by atoms with Crippen molar-refractivity contribution in [2.45, 2.75) is 63.6 Å². The van der Waals surface area contributed by atoms with Crippen molar-refractivity contribution in [2.75, 3.05) is 5.75 Å². The third-order valence-corrected chi connectivity index (χ3v) is 7.44. The molecule has 0 aromatic carbocycles. The molecule has 0 radical (unpaired) electrons. The fourth-order valence-corrected chi connectivity index (χ4v) is 6.63. The van der Waals surface area contributed by atoms with Crippen LogP contribution in [0.2, 0.25) is 0 Å². The summed E-state index contributed by atoms with van der Waals surface area (Å²) in [5.74, 6) is 3.00. The van der Waals surface area contributed by atoms with Gasteiger partial charge in [-0.15, -0.1) is 0 Å². The van der Waals surface area contributed by atoms with Crippen LogP contribution >= 0.6 is 11.8 Å².